The molecule has 0 saturated heterocycles. The van der Waals surface area contributed by atoms with E-state index in [0.717, 1.165) is 49.0 Å². The zero-order valence-electron chi connectivity index (χ0n) is 20.3. The Morgan fingerprint density at radius 2 is 1.97 bits per heavy atom. The summed E-state index contributed by atoms with van der Waals surface area (Å²) >= 11 is 13.0. The predicted molar refractivity (Wildman–Crippen MR) is 138 cm³/mol. The number of aliphatic hydroxyl groups is 1. The monoisotopic (exact) mass is 539 g/mol. The van der Waals surface area contributed by atoms with Crippen molar-refractivity contribution in [2.24, 2.45) is 17.8 Å². The maximum absolute atomic E-state index is 12.1. The molecule has 0 unspecified atom stereocenters. The number of ether oxygens (including phenoxy) is 1. The number of pyridine rings is 1. The van der Waals surface area contributed by atoms with E-state index in [0.29, 0.717) is 50.9 Å². The number of nitrogens with zero attached hydrogens (tertiary/aromatic N) is 4. The summed E-state index contributed by atoms with van der Waals surface area (Å²) in [5.74, 6) is 1.74. The molecule has 5 atom stereocenters. The first-order chi connectivity index (χ1) is 17.9. The Morgan fingerprint density at radius 3 is 2.73 bits per heavy atom. The van der Waals surface area contributed by atoms with Crippen LogP contribution in [0.1, 0.15) is 61.8 Å². The van der Waals surface area contributed by atoms with Gasteiger partial charge in [0, 0.05) is 28.8 Å². The van der Waals surface area contributed by atoms with Gasteiger partial charge in [-0.2, -0.15) is 10.3 Å². The lowest BCUT2D eigenvalue weighted by molar-refractivity contribution is -0.120. The van der Waals surface area contributed by atoms with Gasteiger partial charge in [-0.25, -0.2) is 4.98 Å². The molecule has 2 N–H and O–H groups in total. The minimum absolute atomic E-state index is 0.0143. The molecule has 37 heavy (non-hydrogen) atoms. The number of hydrogen-bond donors (Lipinski definition) is 2. The van der Waals surface area contributed by atoms with Crippen LogP contribution in [0.4, 0.5) is 0 Å². The molecule has 2 bridgehead atoms. The van der Waals surface area contributed by atoms with E-state index < -0.39 is 5.60 Å². The fraction of sp³-hybridized carbons (Fsp3) is 0.481. The Kier molecular flexibility index (Phi) is 5.59. The van der Waals surface area contributed by atoms with Crippen LogP contribution in [0, 0.1) is 17.8 Å². The van der Waals surface area contributed by atoms with Crippen molar-refractivity contribution in [3.05, 3.63) is 57.4 Å². The van der Waals surface area contributed by atoms with Crippen LogP contribution in [-0.2, 0) is 16.9 Å². The molecule has 10 heteroatoms. The van der Waals surface area contributed by atoms with Gasteiger partial charge >= 0.3 is 0 Å². The average molecular weight is 540 g/mol. The zero-order chi connectivity index (χ0) is 25.3. The van der Waals surface area contributed by atoms with Crippen molar-refractivity contribution in [2.75, 3.05) is 0 Å². The second-order valence-corrected chi connectivity index (χ2v) is 11.7. The minimum atomic E-state index is -0.952. The highest BCUT2D eigenvalue weighted by atomic mass is 35.5. The summed E-state index contributed by atoms with van der Waals surface area (Å²) < 4.78 is 12.4. The van der Waals surface area contributed by atoms with E-state index >= 15 is 0 Å². The van der Waals surface area contributed by atoms with Gasteiger partial charge in [0.25, 0.3) is 0 Å². The highest BCUT2D eigenvalue weighted by molar-refractivity contribution is 6.39. The van der Waals surface area contributed by atoms with Gasteiger partial charge in [-0.05, 0) is 68.1 Å². The van der Waals surface area contributed by atoms with Gasteiger partial charge in [0.15, 0.2) is 0 Å². The molecule has 0 radical (unpaired) electrons. The summed E-state index contributed by atoms with van der Waals surface area (Å²) in [6.45, 7) is 2.60. The van der Waals surface area contributed by atoms with Gasteiger partial charge in [-0.1, -0.05) is 41.3 Å². The Morgan fingerprint density at radius 1 is 1.16 bits per heavy atom. The first-order valence-corrected chi connectivity index (χ1v) is 13.6. The quantitative estimate of drug-likeness (QED) is 0.307. The third kappa shape index (κ3) is 3.80. The molecule has 0 spiro atoms. The standard InChI is InChI=1S/C27H27Cl2N5O3/c1-13-7-15-8-17(10-19(13)27(15,35)16-9-22-26(30-11-16)32-34-31-22)36-12-18-24(33-37-25(18)14-5-6-14)23-20(28)3-2-4-21(23)29/h2-4,9,11,13-15,17,19,35H,5-8,10,12H2,1H3,(H,30,31,32,34)/t13-,15+,17+,19+,27+/m0/s1. The molecule has 7 rings (SSSR count). The maximum Gasteiger partial charge on any atom is 0.201 e. The molecule has 3 aromatic heterocycles. The molecule has 3 saturated carbocycles. The molecule has 3 fully saturated rings. The van der Waals surface area contributed by atoms with Crippen molar-refractivity contribution in [1.82, 2.24) is 25.6 Å². The summed E-state index contributed by atoms with van der Waals surface area (Å²) in [5.41, 5.74) is 3.36. The second-order valence-electron chi connectivity index (χ2n) is 10.9. The van der Waals surface area contributed by atoms with Crippen molar-refractivity contribution in [3.8, 4) is 11.3 Å². The molecule has 1 aromatic carbocycles. The third-order valence-electron chi connectivity index (χ3n) is 8.66. The summed E-state index contributed by atoms with van der Waals surface area (Å²) in [4.78, 5) is 4.42. The van der Waals surface area contributed by atoms with Crippen molar-refractivity contribution >= 4 is 34.4 Å². The van der Waals surface area contributed by atoms with E-state index in [9.17, 15) is 5.11 Å². The first-order valence-electron chi connectivity index (χ1n) is 12.9. The summed E-state index contributed by atoms with van der Waals surface area (Å²) in [5, 5.41) is 28.3. The Bertz CT molecular complexity index is 1460. The molecule has 3 aliphatic rings. The van der Waals surface area contributed by atoms with Crippen LogP contribution in [0.25, 0.3) is 22.4 Å². The molecule has 192 valence electrons. The van der Waals surface area contributed by atoms with Crippen molar-refractivity contribution in [1.29, 1.82) is 0 Å². The smallest absolute Gasteiger partial charge is 0.201 e. The van der Waals surface area contributed by atoms with E-state index in [4.69, 9.17) is 32.5 Å². The van der Waals surface area contributed by atoms with Gasteiger partial charge < -0.3 is 14.4 Å². The fourth-order valence-electron chi connectivity index (χ4n) is 6.71. The van der Waals surface area contributed by atoms with E-state index in [1.165, 1.54) is 0 Å². The number of aromatic nitrogens is 5. The highest BCUT2D eigenvalue weighted by Gasteiger charge is 2.57. The summed E-state index contributed by atoms with van der Waals surface area (Å²) in [6, 6.07) is 7.36. The average Bonchev–Trinajstić information content (AvgIpc) is 3.44. The van der Waals surface area contributed by atoms with Gasteiger partial charge in [-0.15, -0.1) is 5.10 Å². The van der Waals surface area contributed by atoms with Crippen LogP contribution in [0.2, 0.25) is 10.0 Å². The largest absolute Gasteiger partial charge is 0.385 e. The van der Waals surface area contributed by atoms with Crippen LogP contribution in [-0.4, -0.2) is 36.8 Å². The number of rotatable bonds is 6. The molecule has 8 nitrogen and oxygen atoms in total. The van der Waals surface area contributed by atoms with Crippen molar-refractivity contribution in [3.63, 3.8) is 0 Å². The lowest BCUT2D eigenvalue weighted by Crippen LogP contribution is -2.45. The predicted octanol–water partition coefficient (Wildman–Crippen LogP) is 6.03. The molecule has 0 amide bonds. The molecular weight excluding hydrogens is 513 g/mol. The first kappa shape index (κ1) is 23.6. The molecule has 4 aromatic rings. The topological polar surface area (TPSA) is 110 Å². The number of fused-ring (bicyclic) bond motifs is 3. The number of H-pyrrole nitrogens is 1. The zero-order valence-corrected chi connectivity index (χ0v) is 21.8. The van der Waals surface area contributed by atoms with E-state index in [-0.39, 0.29) is 17.9 Å². The van der Waals surface area contributed by atoms with Crippen LogP contribution in [0.5, 0.6) is 0 Å². The van der Waals surface area contributed by atoms with Crippen LogP contribution in [0.15, 0.2) is 35.0 Å². The lowest BCUT2D eigenvalue weighted by atomic mass is 9.69. The Hall–Kier alpha value is -2.52. The summed E-state index contributed by atoms with van der Waals surface area (Å²) in [6.07, 6.45) is 6.40. The molecule has 3 aliphatic carbocycles. The molecule has 0 aliphatic heterocycles. The lowest BCUT2D eigenvalue weighted by Gasteiger charge is -2.43. The third-order valence-corrected chi connectivity index (χ3v) is 9.29. The number of nitrogens with one attached hydrogen (secondary N) is 1. The van der Waals surface area contributed by atoms with Gasteiger partial charge in [-0.3, -0.25) is 0 Å². The van der Waals surface area contributed by atoms with E-state index in [1.807, 2.05) is 24.3 Å². The highest BCUT2D eigenvalue weighted by Crippen LogP contribution is 2.58. The van der Waals surface area contributed by atoms with Crippen molar-refractivity contribution < 1.29 is 14.4 Å². The molecular formula is C27H27Cl2N5O3. The maximum atomic E-state index is 12.1. The van der Waals surface area contributed by atoms with Crippen LogP contribution in [0.3, 0.4) is 0 Å². The number of benzene rings is 1. The van der Waals surface area contributed by atoms with Crippen LogP contribution < -0.4 is 0 Å². The fourth-order valence-corrected chi connectivity index (χ4v) is 7.29. The number of halogens is 2. The Balaban J connectivity index is 1.15. The van der Waals surface area contributed by atoms with E-state index in [1.54, 1.807) is 6.20 Å². The van der Waals surface area contributed by atoms with Gasteiger partial charge in [0.2, 0.25) is 5.65 Å². The van der Waals surface area contributed by atoms with Gasteiger partial charge in [0.1, 0.15) is 17.0 Å². The van der Waals surface area contributed by atoms with Crippen LogP contribution >= 0.6 is 23.2 Å². The minimum Gasteiger partial charge on any atom is -0.385 e. The summed E-state index contributed by atoms with van der Waals surface area (Å²) in [7, 11) is 0. The normalized spacial score (nSPS) is 29.3. The van der Waals surface area contributed by atoms with Gasteiger partial charge in [0.05, 0.1) is 28.4 Å². The Labute approximate surface area is 223 Å². The van der Waals surface area contributed by atoms with Crippen molar-refractivity contribution in [2.45, 2.75) is 63.3 Å². The number of hydrogen-bond acceptors (Lipinski definition) is 7. The molecule has 3 heterocycles. The van der Waals surface area contributed by atoms with E-state index in [2.05, 4.69) is 32.5 Å². The SMILES string of the molecule is C[C@H]1C[C@@H]2C[C@@H](OCc3c(-c4c(Cl)cccc4Cl)noc3C3CC3)C[C@H]1[C@]2(O)c1cnc2n[nH]nc2c1. The number of aromatic amines is 1. The second kappa shape index (κ2) is 8.76.